The Morgan fingerprint density at radius 1 is 0.333 bits per heavy atom. The number of alkyl halides is 11. The molecule has 0 N–H and O–H groups in total. The molecule has 0 rings (SSSR count). The molecule has 25 heteroatoms. The van der Waals surface area contributed by atoms with Crippen LogP contribution >= 0.6 is 23.2 Å². The van der Waals surface area contributed by atoms with Gasteiger partial charge in [0.05, 0.1) is 0 Å². The molecule has 0 aliphatic rings. The molecule has 33 heavy (non-hydrogen) atoms. The van der Waals surface area contributed by atoms with E-state index in [2.05, 4.69) is 23.2 Å². The van der Waals surface area contributed by atoms with Crippen LogP contribution in [0.25, 0.3) is 0 Å². The Bertz CT molecular complexity index is 679. The van der Waals surface area contributed by atoms with Crippen molar-refractivity contribution in [2.24, 2.45) is 0 Å². The van der Waals surface area contributed by atoms with Crippen molar-refractivity contribution < 1.29 is 106 Å². The van der Waals surface area contributed by atoms with Crippen LogP contribution in [0.4, 0.5) is 71.2 Å². The lowest BCUT2D eigenvalue weighted by molar-refractivity contribution is -0.625. The largest absolute Gasteiger partial charge is 0.454 e. The van der Waals surface area contributed by atoms with Crippen LogP contribution in [-0.4, -0.2) is 45.8 Å². The SMILES string of the molecule is FOC(F)(F)C(F)(OF)C(F)(OF)C(F)(OF)C(F)(OF)C(F)(OF)C(F)(OF)C(F)(Cl)Cl. The van der Waals surface area contributed by atoms with Crippen LogP contribution in [0.2, 0.25) is 0 Å². The predicted molar refractivity (Wildman–Crippen MR) is 58.9 cm³/mol. The van der Waals surface area contributed by atoms with Crippen molar-refractivity contribution in [3.05, 3.63) is 0 Å². The first-order chi connectivity index (χ1) is 14.7. The Kier molecular flexibility index (Phi) is 9.43. The zero-order valence-corrected chi connectivity index (χ0v) is 15.2. The minimum atomic E-state index is -7.97. The van der Waals surface area contributed by atoms with Crippen molar-refractivity contribution in [2.75, 3.05) is 0 Å². The Morgan fingerprint density at radius 3 is 0.727 bits per heavy atom. The Morgan fingerprint density at radius 2 is 0.545 bits per heavy atom. The minimum absolute atomic E-state index is 1.16. The lowest BCUT2D eigenvalue weighted by Gasteiger charge is -2.48. The zero-order valence-electron chi connectivity index (χ0n) is 13.7. The van der Waals surface area contributed by atoms with Gasteiger partial charge in [-0.3, -0.25) is 0 Å². The van der Waals surface area contributed by atoms with Gasteiger partial charge in [0.25, 0.3) is 0 Å². The molecule has 0 amide bonds. The maximum Gasteiger partial charge on any atom is 0.454 e. The summed E-state index contributed by atoms with van der Waals surface area (Å²) in [6, 6.07) is 0. The fraction of sp³-hybridized carbons (Fsp3) is 1.00. The molecular weight excluding hydrogens is 583 g/mol. The highest BCUT2D eigenvalue weighted by Crippen LogP contribution is 2.64. The second-order valence-electron chi connectivity index (χ2n) is 5.13. The van der Waals surface area contributed by atoms with Crippen LogP contribution in [0.5, 0.6) is 0 Å². The molecule has 0 spiro atoms. The molecule has 0 heterocycles. The first-order valence-electron chi connectivity index (χ1n) is 6.34. The third-order valence-electron chi connectivity index (χ3n) is 3.54. The number of hydrogen-bond acceptors (Lipinski definition) is 7. The molecule has 0 bridgehead atoms. The van der Waals surface area contributed by atoms with E-state index in [4.69, 9.17) is 0 Å². The van der Waals surface area contributed by atoms with Crippen LogP contribution in [0, 0.1) is 0 Å². The second kappa shape index (κ2) is 9.67. The van der Waals surface area contributed by atoms with Gasteiger partial charge >= 0.3 is 45.8 Å². The van der Waals surface area contributed by atoms with Gasteiger partial charge in [0, 0.05) is 0 Å². The topological polar surface area (TPSA) is 64.6 Å². The molecular formula is C8Cl2F16O7. The summed E-state index contributed by atoms with van der Waals surface area (Å²) >= 11 is 8.09. The van der Waals surface area contributed by atoms with E-state index in [9.17, 15) is 71.2 Å². The fourth-order valence-corrected chi connectivity index (χ4v) is 2.13. The highest BCUT2D eigenvalue weighted by molar-refractivity contribution is 6.47. The van der Waals surface area contributed by atoms with Gasteiger partial charge < -0.3 is 0 Å². The monoisotopic (exact) mass is 582 g/mol. The molecule has 0 aromatic carbocycles. The predicted octanol–water partition coefficient (Wildman–Crippen LogP) is 5.98. The van der Waals surface area contributed by atoms with Gasteiger partial charge in [0.2, 0.25) is 0 Å². The maximum absolute atomic E-state index is 14.6. The second-order valence-corrected chi connectivity index (χ2v) is 6.36. The van der Waals surface area contributed by atoms with E-state index in [1.807, 2.05) is 0 Å². The summed E-state index contributed by atoms with van der Waals surface area (Å²) in [5.41, 5.74) is 0. The van der Waals surface area contributed by atoms with Gasteiger partial charge in [-0.15, -0.1) is 34.6 Å². The Hall–Kier alpha value is -0.820. The molecule has 0 fully saturated rings. The van der Waals surface area contributed by atoms with Crippen molar-refractivity contribution >= 4 is 23.2 Å². The molecule has 6 unspecified atom stereocenters. The third-order valence-corrected chi connectivity index (χ3v) is 4.03. The summed E-state index contributed by atoms with van der Waals surface area (Å²) in [6.45, 7) is 0. The average Bonchev–Trinajstić information content (AvgIpc) is 2.78. The van der Waals surface area contributed by atoms with Crippen molar-refractivity contribution in [3.8, 4) is 0 Å². The van der Waals surface area contributed by atoms with Gasteiger partial charge in [-0.1, -0.05) is 23.2 Å². The van der Waals surface area contributed by atoms with E-state index >= 15 is 0 Å². The molecule has 0 aliphatic heterocycles. The summed E-state index contributed by atoms with van der Waals surface area (Å²) < 4.78 is 207. The zero-order chi connectivity index (χ0) is 26.9. The quantitative estimate of drug-likeness (QED) is 0.184. The van der Waals surface area contributed by atoms with Crippen LogP contribution in [0.15, 0.2) is 0 Å². The highest BCUT2D eigenvalue weighted by atomic mass is 35.5. The molecule has 0 saturated carbocycles. The number of rotatable bonds is 14. The van der Waals surface area contributed by atoms with Crippen molar-refractivity contribution in [1.29, 1.82) is 0 Å². The van der Waals surface area contributed by atoms with E-state index in [0.29, 0.717) is 0 Å². The Labute approximate surface area is 176 Å². The molecule has 0 aromatic rings. The normalized spacial score (nSPS) is 24.5. The van der Waals surface area contributed by atoms with Crippen LogP contribution in [0.3, 0.4) is 0 Å². The number of hydrogen-bond donors (Lipinski definition) is 0. The lowest BCUT2D eigenvalue weighted by Crippen LogP contribution is -2.82. The number of halogens is 18. The van der Waals surface area contributed by atoms with Gasteiger partial charge in [-0.2, -0.15) is 35.1 Å². The minimum Gasteiger partial charge on any atom is -0.201 e. The molecule has 0 aromatic heterocycles. The van der Waals surface area contributed by atoms with E-state index in [0.717, 1.165) is 4.94 Å². The smallest absolute Gasteiger partial charge is 0.201 e. The molecule has 0 aliphatic carbocycles. The van der Waals surface area contributed by atoms with Gasteiger partial charge in [-0.05, 0) is 31.7 Å². The van der Waals surface area contributed by atoms with Crippen LogP contribution < -0.4 is 0 Å². The molecule has 0 saturated heterocycles. The summed E-state index contributed by atoms with van der Waals surface area (Å²) in [5.74, 6) is -45.8. The molecule has 0 radical (unpaired) electrons. The lowest BCUT2D eigenvalue weighted by atomic mass is 9.86. The summed E-state index contributed by atoms with van der Waals surface area (Å²) in [6.07, 6.45) is -7.29. The van der Waals surface area contributed by atoms with E-state index < -0.39 is 45.8 Å². The van der Waals surface area contributed by atoms with Crippen molar-refractivity contribution in [2.45, 2.75) is 45.8 Å². The van der Waals surface area contributed by atoms with Gasteiger partial charge in [0.15, 0.2) is 0 Å². The first kappa shape index (κ1) is 32.2. The fourth-order valence-electron chi connectivity index (χ4n) is 1.83. The van der Waals surface area contributed by atoms with Gasteiger partial charge in [0.1, 0.15) is 0 Å². The van der Waals surface area contributed by atoms with Gasteiger partial charge in [-0.25, -0.2) is 4.39 Å². The molecule has 6 atom stereocenters. The van der Waals surface area contributed by atoms with E-state index in [-0.39, 0.29) is 0 Å². The van der Waals surface area contributed by atoms with Crippen LogP contribution in [-0.2, 0) is 34.6 Å². The summed E-state index contributed by atoms with van der Waals surface area (Å²) in [5, 5.41) is 0. The van der Waals surface area contributed by atoms with E-state index in [1.165, 1.54) is 29.6 Å². The summed E-state index contributed by atoms with van der Waals surface area (Å²) in [7, 11) is 0. The van der Waals surface area contributed by atoms with Crippen molar-refractivity contribution in [1.82, 2.24) is 0 Å². The summed E-state index contributed by atoms with van der Waals surface area (Å²) in [4.78, 5) is 9.09. The Balaban J connectivity index is 7.69. The van der Waals surface area contributed by atoms with Crippen LogP contribution in [0.1, 0.15) is 0 Å². The van der Waals surface area contributed by atoms with E-state index in [1.54, 1.807) is 0 Å². The standard InChI is InChI=1S/C8Cl2F16O7/c9-7(10,17)5(15,31-24)3(13,29-22)1(11,27-20)2(12,28-21)4(14,30-23)6(16,32-25)8(18,19)33-26. The maximum atomic E-state index is 14.6. The molecule has 200 valence electrons. The highest BCUT2D eigenvalue weighted by Gasteiger charge is 2.98. The molecule has 7 nitrogen and oxygen atoms in total. The third kappa shape index (κ3) is 3.84. The first-order valence-corrected chi connectivity index (χ1v) is 7.09. The van der Waals surface area contributed by atoms with Crippen molar-refractivity contribution in [3.63, 3.8) is 0 Å². The average molecular weight is 583 g/mol.